The lowest BCUT2D eigenvalue weighted by molar-refractivity contribution is 0.102. The van der Waals surface area contributed by atoms with Crippen LogP contribution in [0.1, 0.15) is 9.80 Å². The molecule has 0 saturated carbocycles. The number of amides is 1. The Balaban J connectivity index is 1.75. The van der Waals surface area contributed by atoms with Gasteiger partial charge in [0.15, 0.2) is 0 Å². The fourth-order valence-corrected chi connectivity index (χ4v) is 2.43. The van der Waals surface area contributed by atoms with E-state index in [1.165, 1.54) is 6.07 Å². The van der Waals surface area contributed by atoms with Crippen molar-refractivity contribution in [3.05, 3.63) is 50.2 Å². The molecule has 9 heteroatoms. The molecule has 0 aliphatic carbocycles. The van der Waals surface area contributed by atoms with Crippen molar-refractivity contribution >= 4 is 34.5 Å². The number of carbonyl (C=O) groups is 1. The third-order valence-electron chi connectivity index (χ3n) is 2.64. The molecule has 0 spiro atoms. The van der Waals surface area contributed by atoms with Gasteiger partial charge in [0.05, 0.1) is 5.69 Å². The fourth-order valence-electron chi connectivity index (χ4n) is 1.70. The minimum absolute atomic E-state index is 0.194. The van der Waals surface area contributed by atoms with Gasteiger partial charge in [0, 0.05) is 11.8 Å². The first-order valence-electron chi connectivity index (χ1n) is 5.80. The zero-order valence-corrected chi connectivity index (χ0v) is 12.0. The molecule has 21 heavy (non-hydrogen) atoms. The summed E-state index contributed by atoms with van der Waals surface area (Å²) < 4.78 is 0.215. The summed E-state index contributed by atoms with van der Waals surface area (Å²) in [7, 11) is 0. The van der Waals surface area contributed by atoms with E-state index in [2.05, 4.69) is 25.7 Å². The molecule has 0 aliphatic heterocycles. The van der Waals surface area contributed by atoms with Crippen LogP contribution in [0.15, 0.2) is 35.1 Å². The zero-order valence-electron chi connectivity index (χ0n) is 10.4. The summed E-state index contributed by atoms with van der Waals surface area (Å²) in [5.41, 5.74) is 1.91. The molecule has 0 saturated heterocycles. The van der Waals surface area contributed by atoms with Crippen LogP contribution in [-0.4, -0.2) is 26.3 Å². The lowest BCUT2D eigenvalue weighted by Crippen LogP contribution is -2.11. The maximum absolute atomic E-state index is 11.9. The zero-order chi connectivity index (χ0) is 14.8. The number of nitrogens with one attached hydrogen (secondary N) is 3. The van der Waals surface area contributed by atoms with Gasteiger partial charge < -0.3 is 5.32 Å². The summed E-state index contributed by atoms with van der Waals surface area (Å²) in [5, 5.41) is 15.3. The van der Waals surface area contributed by atoms with Crippen molar-refractivity contribution < 1.29 is 4.79 Å². The number of H-pyrrole nitrogens is 2. The average Bonchev–Trinajstić information content (AvgIpc) is 3.08. The van der Waals surface area contributed by atoms with Gasteiger partial charge in [-0.1, -0.05) is 23.5 Å². The van der Waals surface area contributed by atoms with Gasteiger partial charge in [0.25, 0.3) is 11.5 Å². The van der Waals surface area contributed by atoms with Crippen LogP contribution in [0.25, 0.3) is 11.3 Å². The lowest BCUT2D eigenvalue weighted by Gasteiger charge is -2.03. The standard InChI is InChI=1S/C12H8ClN5O2S/c13-12-18-17-11(21-12)10(20)14-7-3-1-6(2-4-7)8-5-9(19)16-15-8/h1-5H,(H,14,20)(H2,15,16,19). The molecule has 0 aliphatic rings. The normalized spacial score (nSPS) is 10.5. The summed E-state index contributed by atoms with van der Waals surface area (Å²) >= 11 is 6.64. The number of anilines is 1. The molecule has 2 heterocycles. The lowest BCUT2D eigenvalue weighted by atomic mass is 10.1. The Morgan fingerprint density at radius 3 is 2.52 bits per heavy atom. The highest BCUT2D eigenvalue weighted by Crippen LogP contribution is 2.20. The predicted octanol–water partition coefficient (Wildman–Crippen LogP) is 2.13. The number of benzene rings is 1. The van der Waals surface area contributed by atoms with E-state index in [1.54, 1.807) is 24.3 Å². The number of aromatic amines is 2. The molecule has 3 rings (SSSR count). The second-order valence-electron chi connectivity index (χ2n) is 4.06. The summed E-state index contributed by atoms with van der Waals surface area (Å²) in [6, 6.07) is 8.46. The molecule has 1 amide bonds. The van der Waals surface area contributed by atoms with Crippen LogP contribution in [0.4, 0.5) is 5.69 Å². The van der Waals surface area contributed by atoms with Crippen molar-refractivity contribution in [3.63, 3.8) is 0 Å². The minimum Gasteiger partial charge on any atom is -0.320 e. The molecular weight excluding hydrogens is 314 g/mol. The fraction of sp³-hybridized carbons (Fsp3) is 0. The van der Waals surface area contributed by atoms with Gasteiger partial charge in [0.2, 0.25) is 9.47 Å². The summed E-state index contributed by atoms with van der Waals surface area (Å²) in [6.45, 7) is 0. The van der Waals surface area contributed by atoms with Gasteiger partial charge in [-0.05, 0) is 29.3 Å². The molecule has 0 bridgehead atoms. The summed E-state index contributed by atoms with van der Waals surface area (Å²) in [4.78, 5) is 22.9. The Morgan fingerprint density at radius 1 is 1.19 bits per heavy atom. The first-order chi connectivity index (χ1) is 10.1. The second-order valence-corrected chi connectivity index (χ2v) is 5.62. The van der Waals surface area contributed by atoms with Crippen LogP contribution >= 0.6 is 22.9 Å². The Bertz CT molecular complexity index is 836. The predicted molar refractivity (Wildman–Crippen MR) is 79.7 cm³/mol. The third kappa shape index (κ3) is 3.01. The Kier molecular flexibility index (Phi) is 3.55. The quantitative estimate of drug-likeness (QED) is 0.687. The molecule has 106 valence electrons. The minimum atomic E-state index is -0.373. The highest BCUT2D eigenvalue weighted by Gasteiger charge is 2.12. The van der Waals surface area contributed by atoms with E-state index in [9.17, 15) is 9.59 Å². The molecule has 0 fully saturated rings. The van der Waals surface area contributed by atoms with Crippen LogP contribution in [0.5, 0.6) is 0 Å². The Morgan fingerprint density at radius 2 is 1.95 bits per heavy atom. The van der Waals surface area contributed by atoms with Crippen LogP contribution in [-0.2, 0) is 0 Å². The Hall–Kier alpha value is -2.45. The van der Waals surface area contributed by atoms with Gasteiger partial charge in [-0.2, -0.15) is 0 Å². The van der Waals surface area contributed by atoms with Crippen molar-refractivity contribution in [2.24, 2.45) is 0 Å². The number of aromatic nitrogens is 4. The van der Waals surface area contributed by atoms with E-state index in [0.29, 0.717) is 11.4 Å². The molecule has 2 aromatic heterocycles. The number of rotatable bonds is 3. The first-order valence-corrected chi connectivity index (χ1v) is 7.00. The molecular formula is C12H8ClN5O2S. The van der Waals surface area contributed by atoms with Crippen molar-refractivity contribution in [1.29, 1.82) is 0 Å². The van der Waals surface area contributed by atoms with E-state index in [4.69, 9.17) is 11.6 Å². The van der Waals surface area contributed by atoms with Gasteiger partial charge >= 0.3 is 0 Å². The van der Waals surface area contributed by atoms with Gasteiger partial charge in [-0.15, -0.1) is 10.2 Å². The monoisotopic (exact) mass is 321 g/mol. The molecule has 3 aromatic rings. The molecule has 0 radical (unpaired) electrons. The van der Waals surface area contributed by atoms with Crippen LogP contribution in [0.3, 0.4) is 0 Å². The first kappa shape index (κ1) is 13.5. The summed E-state index contributed by atoms with van der Waals surface area (Å²) in [6.07, 6.45) is 0. The molecule has 0 atom stereocenters. The maximum atomic E-state index is 11.9. The van der Waals surface area contributed by atoms with Crippen molar-refractivity contribution in [3.8, 4) is 11.3 Å². The van der Waals surface area contributed by atoms with Crippen molar-refractivity contribution in [2.45, 2.75) is 0 Å². The van der Waals surface area contributed by atoms with E-state index in [0.717, 1.165) is 16.9 Å². The highest BCUT2D eigenvalue weighted by atomic mass is 35.5. The van der Waals surface area contributed by atoms with E-state index in [1.807, 2.05) is 0 Å². The van der Waals surface area contributed by atoms with E-state index < -0.39 is 0 Å². The third-order valence-corrected chi connectivity index (χ3v) is 3.66. The van der Waals surface area contributed by atoms with Crippen molar-refractivity contribution in [2.75, 3.05) is 5.32 Å². The van der Waals surface area contributed by atoms with Crippen LogP contribution in [0.2, 0.25) is 4.47 Å². The molecule has 0 unspecified atom stereocenters. The molecule has 7 nitrogen and oxygen atoms in total. The number of nitrogens with zero attached hydrogens (tertiary/aromatic N) is 2. The SMILES string of the molecule is O=C(Nc1ccc(-c2cc(=O)[nH][nH]2)cc1)c1nnc(Cl)s1. The van der Waals surface area contributed by atoms with Gasteiger partial charge in [0.1, 0.15) is 0 Å². The summed E-state index contributed by atoms with van der Waals surface area (Å²) in [5.74, 6) is -0.373. The topological polar surface area (TPSA) is 104 Å². The second kappa shape index (κ2) is 5.51. The number of carbonyl (C=O) groups excluding carboxylic acids is 1. The largest absolute Gasteiger partial charge is 0.320 e. The average molecular weight is 322 g/mol. The molecule has 3 N–H and O–H groups in total. The van der Waals surface area contributed by atoms with E-state index in [-0.39, 0.29) is 20.9 Å². The van der Waals surface area contributed by atoms with E-state index >= 15 is 0 Å². The smallest absolute Gasteiger partial charge is 0.286 e. The number of halogens is 1. The van der Waals surface area contributed by atoms with Gasteiger partial charge in [-0.25, -0.2) is 0 Å². The molecule has 1 aromatic carbocycles. The maximum Gasteiger partial charge on any atom is 0.286 e. The van der Waals surface area contributed by atoms with Crippen LogP contribution < -0.4 is 10.9 Å². The number of hydrogen-bond donors (Lipinski definition) is 3. The number of hydrogen-bond acceptors (Lipinski definition) is 5. The van der Waals surface area contributed by atoms with Gasteiger partial charge in [-0.3, -0.25) is 19.8 Å². The highest BCUT2D eigenvalue weighted by molar-refractivity contribution is 7.17. The van der Waals surface area contributed by atoms with Crippen molar-refractivity contribution in [1.82, 2.24) is 20.4 Å². The Labute approximate surface area is 127 Å². The van der Waals surface area contributed by atoms with Crippen LogP contribution in [0, 0.1) is 0 Å².